The lowest BCUT2D eigenvalue weighted by atomic mass is 9.94. The standard InChI is InChI=1S/C26H20BrNO4/c1-15-12-18-13-17(10-11-21(18)32-15)24(29)22-23(16-6-3-2-4-7-16)28(26(31)25(22)30)20-9-5-8-19(27)14-20/h2-11,13-15,23,29H,12H2,1H3/b24-22-. The second-order valence-electron chi connectivity index (χ2n) is 8.01. The molecule has 2 aliphatic heterocycles. The molecular formula is C26H20BrNO4. The minimum atomic E-state index is -0.742. The molecule has 1 amide bonds. The third-order valence-corrected chi connectivity index (χ3v) is 6.31. The minimum Gasteiger partial charge on any atom is -0.507 e. The molecule has 0 aromatic heterocycles. The summed E-state index contributed by atoms with van der Waals surface area (Å²) in [6.07, 6.45) is 0.791. The number of anilines is 1. The molecule has 0 spiro atoms. The van der Waals surface area contributed by atoms with Gasteiger partial charge in [0.1, 0.15) is 17.6 Å². The maximum atomic E-state index is 13.2. The molecular weight excluding hydrogens is 470 g/mol. The van der Waals surface area contributed by atoms with Gasteiger partial charge >= 0.3 is 0 Å². The number of Topliss-reactive ketones (excluding diaryl/α,β-unsaturated/α-hetero) is 1. The molecule has 0 bridgehead atoms. The van der Waals surface area contributed by atoms with E-state index in [2.05, 4.69) is 15.9 Å². The summed E-state index contributed by atoms with van der Waals surface area (Å²) < 4.78 is 6.54. The molecule has 0 aliphatic carbocycles. The van der Waals surface area contributed by atoms with Crippen molar-refractivity contribution in [2.45, 2.75) is 25.5 Å². The smallest absolute Gasteiger partial charge is 0.300 e. The molecule has 160 valence electrons. The summed E-state index contributed by atoms with van der Waals surface area (Å²) in [6.45, 7) is 1.98. The first-order valence-corrected chi connectivity index (χ1v) is 11.1. The molecule has 2 unspecified atom stereocenters. The molecule has 2 atom stereocenters. The fourth-order valence-electron chi connectivity index (χ4n) is 4.40. The molecule has 1 saturated heterocycles. The summed E-state index contributed by atoms with van der Waals surface area (Å²) >= 11 is 3.44. The number of aliphatic hydroxyl groups excluding tert-OH is 1. The highest BCUT2D eigenvalue weighted by Crippen LogP contribution is 2.43. The first-order valence-electron chi connectivity index (χ1n) is 10.4. The SMILES string of the molecule is CC1Cc2cc(/C(O)=C3/C(=O)C(=O)N(c4cccc(Br)c4)C3c3ccccc3)ccc2O1. The van der Waals surface area contributed by atoms with Crippen molar-refractivity contribution in [3.8, 4) is 5.75 Å². The van der Waals surface area contributed by atoms with Crippen molar-refractivity contribution >= 4 is 39.1 Å². The monoisotopic (exact) mass is 489 g/mol. The van der Waals surface area contributed by atoms with Crippen LogP contribution >= 0.6 is 15.9 Å². The van der Waals surface area contributed by atoms with Crippen LogP contribution in [0.5, 0.6) is 5.75 Å². The lowest BCUT2D eigenvalue weighted by Crippen LogP contribution is -2.29. The second kappa shape index (κ2) is 7.95. The predicted octanol–water partition coefficient (Wildman–Crippen LogP) is 5.40. The number of rotatable bonds is 3. The van der Waals surface area contributed by atoms with Gasteiger partial charge in [-0.3, -0.25) is 14.5 Å². The number of benzene rings is 3. The van der Waals surface area contributed by atoms with Gasteiger partial charge in [-0.25, -0.2) is 0 Å². The molecule has 32 heavy (non-hydrogen) atoms. The summed E-state index contributed by atoms with van der Waals surface area (Å²) in [5.74, 6) is -0.779. The zero-order valence-corrected chi connectivity index (χ0v) is 18.9. The fourth-order valence-corrected chi connectivity index (χ4v) is 4.79. The molecule has 1 fully saturated rings. The van der Waals surface area contributed by atoms with Crippen LogP contribution in [-0.4, -0.2) is 22.9 Å². The largest absolute Gasteiger partial charge is 0.507 e. The van der Waals surface area contributed by atoms with Crippen molar-refractivity contribution in [1.82, 2.24) is 0 Å². The van der Waals surface area contributed by atoms with E-state index in [4.69, 9.17) is 4.74 Å². The van der Waals surface area contributed by atoms with E-state index in [9.17, 15) is 14.7 Å². The molecule has 5 rings (SSSR count). The molecule has 2 aliphatic rings. The van der Waals surface area contributed by atoms with Crippen LogP contribution in [0.4, 0.5) is 5.69 Å². The lowest BCUT2D eigenvalue weighted by molar-refractivity contribution is -0.132. The van der Waals surface area contributed by atoms with E-state index in [0.29, 0.717) is 11.3 Å². The zero-order valence-electron chi connectivity index (χ0n) is 17.3. The van der Waals surface area contributed by atoms with E-state index in [0.717, 1.165) is 27.8 Å². The fraction of sp³-hybridized carbons (Fsp3) is 0.154. The number of nitrogens with zero attached hydrogens (tertiary/aromatic N) is 1. The van der Waals surface area contributed by atoms with E-state index in [1.807, 2.05) is 55.5 Å². The van der Waals surface area contributed by atoms with Crippen LogP contribution in [-0.2, 0) is 16.0 Å². The number of ether oxygens (including phenoxy) is 1. The van der Waals surface area contributed by atoms with E-state index in [1.54, 1.807) is 24.3 Å². The van der Waals surface area contributed by atoms with Gasteiger partial charge in [0.15, 0.2) is 0 Å². The maximum Gasteiger partial charge on any atom is 0.300 e. The number of hydrogen-bond acceptors (Lipinski definition) is 4. The van der Waals surface area contributed by atoms with Crippen molar-refractivity contribution in [3.63, 3.8) is 0 Å². The Labute approximate surface area is 194 Å². The van der Waals surface area contributed by atoms with Crippen molar-refractivity contribution < 1.29 is 19.4 Å². The van der Waals surface area contributed by atoms with Crippen molar-refractivity contribution in [2.24, 2.45) is 0 Å². The van der Waals surface area contributed by atoms with Gasteiger partial charge in [-0.15, -0.1) is 0 Å². The number of ketones is 1. The van der Waals surface area contributed by atoms with Gasteiger partial charge in [-0.05, 0) is 54.4 Å². The number of fused-ring (bicyclic) bond motifs is 1. The second-order valence-corrected chi connectivity index (χ2v) is 8.93. The Kier molecular flexibility index (Phi) is 5.10. The maximum absolute atomic E-state index is 13.2. The summed E-state index contributed by atoms with van der Waals surface area (Å²) in [5, 5.41) is 11.3. The normalized spacial score (nSPS) is 21.5. The number of carbonyl (C=O) groups excluding carboxylic acids is 2. The average molecular weight is 490 g/mol. The van der Waals surface area contributed by atoms with Gasteiger partial charge in [0, 0.05) is 22.1 Å². The summed E-state index contributed by atoms with van der Waals surface area (Å²) in [6, 6.07) is 21.1. The van der Waals surface area contributed by atoms with Gasteiger partial charge in [0.25, 0.3) is 11.7 Å². The molecule has 3 aromatic carbocycles. The third-order valence-electron chi connectivity index (χ3n) is 5.82. The summed E-state index contributed by atoms with van der Waals surface area (Å²) in [5.41, 5.74) is 2.86. The van der Waals surface area contributed by atoms with Crippen LogP contribution in [0.3, 0.4) is 0 Å². The summed E-state index contributed by atoms with van der Waals surface area (Å²) in [7, 11) is 0. The van der Waals surface area contributed by atoms with Crippen molar-refractivity contribution in [2.75, 3.05) is 4.90 Å². The van der Waals surface area contributed by atoms with Crippen LogP contribution in [0.1, 0.15) is 29.7 Å². The van der Waals surface area contributed by atoms with E-state index in [-0.39, 0.29) is 17.4 Å². The number of halogens is 1. The molecule has 0 saturated carbocycles. The Morgan fingerprint density at radius 3 is 2.56 bits per heavy atom. The van der Waals surface area contributed by atoms with E-state index < -0.39 is 17.7 Å². The minimum absolute atomic E-state index is 0.0637. The van der Waals surface area contributed by atoms with E-state index in [1.165, 1.54) is 4.90 Å². The van der Waals surface area contributed by atoms with Crippen LogP contribution in [0.15, 0.2) is 82.8 Å². The highest BCUT2D eigenvalue weighted by molar-refractivity contribution is 9.10. The molecule has 5 nitrogen and oxygen atoms in total. The number of hydrogen-bond donors (Lipinski definition) is 1. The topological polar surface area (TPSA) is 66.8 Å². The number of carbonyl (C=O) groups is 2. The van der Waals surface area contributed by atoms with Gasteiger partial charge in [-0.1, -0.05) is 52.3 Å². The number of amides is 1. The average Bonchev–Trinajstić information content (AvgIpc) is 3.29. The van der Waals surface area contributed by atoms with Gasteiger partial charge in [0.2, 0.25) is 0 Å². The Hall–Kier alpha value is -3.38. The number of aliphatic hydroxyl groups is 1. The summed E-state index contributed by atoms with van der Waals surface area (Å²) in [4.78, 5) is 27.8. The molecule has 3 aromatic rings. The van der Waals surface area contributed by atoms with Gasteiger partial charge in [0.05, 0.1) is 11.6 Å². The van der Waals surface area contributed by atoms with Crippen LogP contribution in [0.2, 0.25) is 0 Å². The Balaban J connectivity index is 1.69. The van der Waals surface area contributed by atoms with Crippen LogP contribution in [0, 0.1) is 0 Å². The predicted molar refractivity (Wildman–Crippen MR) is 126 cm³/mol. The van der Waals surface area contributed by atoms with Gasteiger partial charge < -0.3 is 9.84 Å². The zero-order chi connectivity index (χ0) is 22.4. The Morgan fingerprint density at radius 2 is 1.81 bits per heavy atom. The first kappa shape index (κ1) is 20.5. The Bertz CT molecular complexity index is 1270. The highest BCUT2D eigenvalue weighted by Gasteiger charge is 2.47. The van der Waals surface area contributed by atoms with E-state index >= 15 is 0 Å². The third kappa shape index (κ3) is 3.41. The quantitative estimate of drug-likeness (QED) is 0.304. The van der Waals surface area contributed by atoms with Crippen molar-refractivity contribution in [1.29, 1.82) is 0 Å². The van der Waals surface area contributed by atoms with Crippen LogP contribution < -0.4 is 9.64 Å². The molecule has 6 heteroatoms. The molecule has 1 N–H and O–H groups in total. The highest BCUT2D eigenvalue weighted by atomic mass is 79.9. The Morgan fingerprint density at radius 1 is 1.03 bits per heavy atom. The van der Waals surface area contributed by atoms with Crippen LogP contribution in [0.25, 0.3) is 5.76 Å². The molecule has 0 radical (unpaired) electrons. The lowest BCUT2D eigenvalue weighted by Gasteiger charge is -2.25. The van der Waals surface area contributed by atoms with Gasteiger partial charge in [-0.2, -0.15) is 0 Å². The molecule has 2 heterocycles. The van der Waals surface area contributed by atoms with Crippen molar-refractivity contribution in [3.05, 3.63) is 99.5 Å². The first-order chi connectivity index (χ1) is 15.4.